The first-order chi connectivity index (χ1) is 19.2. The van der Waals surface area contributed by atoms with Gasteiger partial charge in [0.25, 0.3) is 0 Å². The predicted molar refractivity (Wildman–Crippen MR) is 213 cm³/mol. The molecule has 284 valence electrons. The van der Waals surface area contributed by atoms with Crippen LogP contribution in [0.15, 0.2) is 0 Å². The van der Waals surface area contributed by atoms with E-state index in [1.807, 2.05) is 41.5 Å². The minimum absolute atomic E-state index is 0. The third kappa shape index (κ3) is 40.5. The van der Waals surface area contributed by atoms with Gasteiger partial charge in [0, 0.05) is 87.6 Å². The van der Waals surface area contributed by atoms with Crippen molar-refractivity contribution in [1.29, 1.82) is 0 Å². The average Bonchev–Trinajstić information content (AvgIpc) is 3.41. The topological polar surface area (TPSA) is 13.0 Å². The maximum Gasteiger partial charge on any atom is 0.0125 e. The van der Waals surface area contributed by atoms with Crippen molar-refractivity contribution in [3.63, 3.8) is 0 Å². The molecule has 2 saturated heterocycles. The van der Waals surface area contributed by atoms with Crippen LogP contribution < -0.4 is 0 Å². The first kappa shape index (κ1) is 69.8. The van der Waals surface area contributed by atoms with E-state index in [4.69, 9.17) is 0 Å². The van der Waals surface area contributed by atoms with Crippen molar-refractivity contribution < 1.29 is 65.4 Å². The van der Waals surface area contributed by atoms with Crippen molar-refractivity contribution in [2.75, 3.05) is 52.4 Å². The van der Waals surface area contributed by atoms with Crippen LogP contribution in [-0.2, 0) is 65.4 Å². The van der Waals surface area contributed by atoms with E-state index in [1.54, 1.807) is 0 Å². The Morgan fingerprint density at radius 1 is 0.457 bits per heavy atom. The van der Waals surface area contributed by atoms with E-state index in [-0.39, 0.29) is 91.3 Å². The summed E-state index contributed by atoms with van der Waals surface area (Å²) in [6, 6.07) is 0. The number of rotatable bonds is 5. The summed E-state index contributed by atoms with van der Waals surface area (Å²) in [6.07, 6.45) is 5.17. The van der Waals surface area contributed by atoms with E-state index in [9.17, 15) is 0 Å². The van der Waals surface area contributed by atoms with Gasteiger partial charge in [-0.2, -0.15) is 6.42 Å². The van der Waals surface area contributed by atoms with E-state index in [1.165, 1.54) is 45.4 Å². The molecule has 0 aliphatic carbocycles. The average molecular weight is 809 g/mol. The Balaban J connectivity index is -0.0000000522. The molecular weight excluding hydrogens is 714 g/mol. The zero-order valence-corrected chi connectivity index (χ0v) is 39.9. The van der Waals surface area contributed by atoms with Gasteiger partial charge in [0.1, 0.15) is 0 Å². The van der Waals surface area contributed by atoms with Gasteiger partial charge in [-0.05, 0) is 135 Å². The zero-order chi connectivity index (χ0) is 34.8. The maximum absolute atomic E-state index is 3.87. The maximum atomic E-state index is 3.87. The summed E-state index contributed by atoms with van der Waals surface area (Å²) >= 11 is 0. The fourth-order valence-corrected chi connectivity index (χ4v) is 4.13. The molecule has 2 rings (SSSR count). The quantitative estimate of drug-likeness (QED) is 0.257. The zero-order valence-electron chi connectivity index (χ0n) is 34.3. The van der Waals surface area contributed by atoms with Crippen molar-refractivity contribution in [2.45, 2.75) is 187 Å². The Morgan fingerprint density at radius 2 is 0.696 bits per heavy atom. The standard InChI is InChI=1S/C9H19N.2C8H17N.C7H15N.3C2H6.2CH4.2Y/c1-6-8-10(7-2)9(3,4)5;1-8(2,3)9-6-4-5-7-9;1-6-9(7-2)8(3,4)5;1-7(2,3)8-5-4-6-8;3*1-2;;;;/h1-2,6-8H2,3-5H3;4-7H2,1-3H3;1-2,6-7H2,3-5H3;4-6H2,1-3H3;3*1-2H3;2*1H4;;/q-2;;-2;;;;;;;;. The van der Waals surface area contributed by atoms with Gasteiger partial charge in [-0.3, -0.25) is 9.80 Å². The molecule has 4 nitrogen and oxygen atoms in total. The molecule has 0 N–H and O–H groups in total. The van der Waals surface area contributed by atoms with E-state index in [0.717, 1.165) is 32.6 Å². The Bertz CT molecular complexity index is 503. The summed E-state index contributed by atoms with van der Waals surface area (Å²) in [5, 5.41) is 0. The summed E-state index contributed by atoms with van der Waals surface area (Å²) in [4.78, 5) is 9.58. The van der Waals surface area contributed by atoms with Gasteiger partial charge >= 0.3 is 0 Å². The van der Waals surface area contributed by atoms with Crippen molar-refractivity contribution in [1.82, 2.24) is 19.6 Å². The van der Waals surface area contributed by atoms with Gasteiger partial charge in [0.05, 0.1) is 0 Å². The van der Waals surface area contributed by atoms with Crippen LogP contribution in [0, 0.1) is 27.7 Å². The monoisotopic (exact) mass is 809 g/mol. The molecule has 0 spiro atoms. The minimum atomic E-state index is 0. The molecule has 0 bridgehead atoms. The minimum Gasteiger partial charge on any atom is -0.358 e. The third-order valence-corrected chi connectivity index (χ3v) is 6.99. The van der Waals surface area contributed by atoms with Gasteiger partial charge in [-0.25, -0.2) is 0 Å². The normalized spacial score (nSPS) is 14.1. The molecule has 0 aromatic carbocycles. The molecule has 0 saturated carbocycles. The largest absolute Gasteiger partial charge is 0.358 e. The summed E-state index contributed by atoms with van der Waals surface area (Å²) in [7, 11) is 0. The van der Waals surface area contributed by atoms with Gasteiger partial charge in [0.15, 0.2) is 0 Å². The van der Waals surface area contributed by atoms with Crippen molar-refractivity contribution in [3.8, 4) is 0 Å². The van der Waals surface area contributed by atoms with E-state index in [0.29, 0.717) is 11.1 Å². The molecule has 0 unspecified atom stereocenters. The van der Waals surface area contributed by atoms with Crippen LogP contribution in [0.1, 0.15) is 165 Å². The molecule has 46 heavy (non-hydrogen) atoms. The fourth-order valence-electron chi connectivity index (χ4n) is 4.13. The third-order valence-electron chi connectivity index (χ3n) is 6.99. The summed E-state index contributed by atoms with van der Waals surface area (Å²) in [5.74, 6) is 0. The van der Waals surface area contributed by atoms with Crippen molar-refractivity contribution in [2.24, 2.45) is 0 Å². The van der Waals surface area contributed by atoms with Crippen LogP contribution >= 0.6 is 0 Å². The SMILES string of the molecule is C.C.CC.CC.CC.CC(C)(C)N1CCC1.CC(C)(C)N1CCCC1.[CH2-]CCN(C[CH2-])C(C)(C)C.[CH2-]CN(C[CH2-])C(C)(C)C.[Y].[Y]. The van der Waals surface area contributed by atoms with Gasteiger partial charge in [-0.15, -0.1) is 19.6 Å². The fraction of sp³-hybridized carbons (Fsp3) is 0.900. The van der Waals surface area contributed by atoms with Crippen molar-refractivity contribution >= 4 is 0 Å². The molecule has 2 aliphatic rings. The summed E-state index contributed by atoms with van der Waals surface area (Å²) < 4.78 is 0. The molecule has 2 fully saturated rings. The van der Waals surface area contributed by atoms with Gasteiger partial charge < -0.3 is 37.5 Å². The Labute approximate surface area is 349 Å². The van der Waals surface area contributed by atoms with Crippen LogP contribution in [0.3, 0.4) is 0 Å². The second kappa shape index (κ2) is 39.8. The molecule has 0 aromatic heterocycles. The van der Waals surface area contributed by atoms with Crippen LogP contribution in [0.4, 0.5) is 0 Å². The number of hydrogen-bond acceptors (Lipinski definition) is 4. The second-order valence-corrected chi connectivity index (χ2v) is 14.0. The number of likely N-dealkylation sites (tertiary alicyclic amines) is 2. The molecule has 2 aliphatic heterocycles. The van der Waals surface area contributed by atoms with Crippen LogP contribution in [0.25, 0.3) is 0 Å². The van der Waals surface area contributed by atoms with Crippen LogP contribution in [0.5, 0.6) is 0 Å². The number of hydrogen-bond donors (Lipinski definition) is 0. The van der Waals surface area contributed by atoms with E-state index >= 15 is 0 Å². The van der Waals surface area contributed by atoms with Gasteiger partial charge in [-0.1, -0.05) is 56.4 Å². The molecule has 2 radical (unpaired) electrons. The summed E-state index contributed by atoms with van der Waals surface area (Å²) in [6.45, 7) is 62.9. The predicted octanol–water partition coefficient (Wildman–Crippen LogP) is 11.6. The molecular formula is C40H94N4Y2-4. The van der Waals surface area contributed by atoms with Gasteiger partial charge in [0.2, 0.25) is 0 Å². The van der Waals surface area contributed by atoms with E-state index in [2.05, 4.69) is 130 Å². The first-order valence-electron chi connectivity index (χ1n) is 17.4. The smallest absolute Gasteiger partial charge is 0.0125 e. The molecule has 0 amide bonds. The second-order valence-electron chi connectivity index (χ2n) is 14.0. The van der Waals surface area contributed by atoms with Crippen LogP contribution in [-0.4, -0.2) is 94.1 Å². The first-order valence-corrected chi connectivity index (χ1v) is 17.4. The molecule has 2 heterocycles. The van der Waals surface area contributed by atoms with Crippen LogP contribution in [0.2, 0.25) is 0 Å². The Hall–Kier alpha value is 2.05. The summed E-state index contributed by atoms with van der Waals surface area (Å²) in [5.41, 5.74) is 1.32. The number of nitrogens with zero attached hydrogens (tertiary/aromatic N) is 4. The van der Waals surface area contributed by atoms with E-state index < -0.39 is 0 Å². The molecule has 0 atom stereocenters. The molecule has 0 aromatic rings. The molecule has 6 heteroatoms. The van der Waals surface area contributed by atoms with Crippen molar-refractivity contribution in [3.05, 3.63) is 27.7 Å². The Morgan fingerprint density at radius 3 is 0.761 bits per heavy atom. The Kier molecular flexibility index (Phi) is 60.4.